The molecule has 0 saturated carbocycles. The van der Waals surface area contributed by atoms with Gasteiger partial charge >= 0.3 is 0 Å². The van der Waals surface area contributed by atoms with Gasteiger partial charge in [-0.2, -0.15) is 0 Å². The van der Waals surface area contributed by atoms with Crippen molar-refractivity contribution in [1.82, 2.24) is 4.98 Å². The zero-order valence-electron chi connectivity index (χ0n) is 15.6. The van der Waals surface area contributed by atoms with Crippen molar-refractivity contribution in [1.29, 1.82) is 0 Å². The lowest BCUT2D eigenvalue weighted by molar-refractivity contribution is 0.650. The van der Waals surface area contributed by atoms with Gasteiger partial charge in [-0.25, -0.2) is 4.98 Å². The average Bonchev–Trinajstić information content (AvgIpc) is 2.73. The third kappa shape index (κ3) is 2.89. The van der Waals surface area contributed by atoms with Crippen molar-refractivity contribution in [2.24, 2.45) is 0 Å². The summed E-state index contributed by atoms with van der Waals surface area (Å²) in [5.74, 6) is 1.12. The maximum atomic E-state index is 5.05. The van der Waals surface area contributed by atoms with Gasteiger partial charge in [-0.1, -0.05) is 54.6 Å². The van der Waals surface area contributed by atoms with E-state index in [1.54, 1.807) is 0 Å². The van der Waals surface area contributed by atoms with Gasteiger partial charge in [0.15, 0.2) is 0 Å². The first-order valence-corrected chi connectivity index (χ1v) is 9.64. The number of piperazine rings is 1. The molecule has 0 spiro atoms. The largest absolute Gasteiger partial charge is 0.368 e. The number of hydrogen-bond donors (Lipinski definition) is 0. The molecule has 1 aliphatic heterocycles. The van der Waals surface area contributed by atoms with Gasteiger partial charge in [-0.05, 0) is 36.1 Å². The molecule has 0 aliphatic carbocycles. The quantitative estimate of drug-likeness (QED) is 0.472. The molecule has 0 amide bonds. The Morgan fingerprint density at radius 1 is 0.667 bits per heavy atom. The Hall–Kier alpha value is -3.07. The third-order valence-corrected chi connectivity index (χ3v) is 5.53. The van der Waals surface area contributed by atoms with E-state index in [0.717, 1.165) is 37.5 Å². The number of para-hydroxylation sites is 1. The molecule has 5 rings (SSSR count). The molecule has 3 heteroatoms. The van der Waals surface area contributed by atoms with Gasteiger partial charge in [-0.3, -0.25) is 0 Å². The number of hydrogen-bond acceptors (Lipinski definition) is 3. The van der Waals surface area contributed by atoms with E-state index >= 15 is 0 Å². The Labute approximate surface area is 159 Å². The van der Waals surface area contributed by atoms with E-state index < -0.39 is 0 Å². The number of fused-ring (bicyclic) bond motifs is 3. The molecule has 134 valence electrons. The second-order valence-electron chi connectivity index (χ2n) is 7.31. The molecule has 3 aromatic carbocycles. The Bertz CT molecular complexity index is 1110. The number of pyridine rings is 1. The third-order valence-electron chi connectivity index (χ3n) is 5.53. The van der Waals surface area contributed by atoms with E-state index in [-0.39, 0.29) is 0 Å². The van der Waals surface area contributed by atoms with Crippen molar-refractivity contribution in [2.45, 2.75) is 6.92 Å². The van der Waals surface area contributed by atoms with Crippen LogP contribution in [-0.2, 0) is 0 Å². The predicted molar refractivity (Wildman–Crippen MR) is 115 cm³/mol. The lowest BCUT2D eigenvalue weighted by Gasteiger charge is -2.37. The van der Waals surface area contributed by atoms with Crippen LogP contribution in [0, 0.1) is 6.92 Å². The molecule has 0 atom stereocenters. The first-order valence-electron chi connectivity index (χ1n) is 9.64. The molecule has 1 saturated heterocycles. The molecule has 0 N–H and O–H groups in total. The van der Waals surface area contributed by atoms with Crippen LogP contribution in [0.4, 0.5) is 11.5 Å². The monoisotopic (exact) mass is 353 g/mol. The summed E-state index contributed by atoms with van der Waals surface area (Å²) in [7, 11) is 0. The molecule has 1 aromatic heterocycles. The minimum Gasteiger partial charge on any atom is -0.368 e. The molecule has 1 aliphatic rings. The van der Waals surface area contributed by atoms with Gasteiger partial charge in [0, 0.05) is 42.6 Å². The summed E-state index contributed by atoms with van der Waals surface area (Å²) >= 11 is 0. The summed E-state index contributed by atoms with van der Waals surface area (Å²) in [5, 5.41) is 3.77. The van der Waals surface area contributed by atoms with Crippen molar-refractivity contribution >= 4 is 33.2 Å². The van der Waals surface area contributed by atoms with E-state index in [2.05, 4.69) is 89.5 Å². The maximum absolute atomic E-state index is 5.05. The van der Waals surface area contributed by atoms with Gasteiger partial charge in [0.2, 0.25) is 0 Å². The SMILES string of the molecule is Cc1cccc(N2CCN(c3nc4ccccc4c4ccccc34)CC2)c1. The van der Waals surface area contributed by atoms with Crippen LogP contribution in [0.15, 0.2) is 72.8 Å². The molecule has 0 unspecified atom stereocenters. The number of nitrogens with zero attached hydrogens (tertiary/aromatic N) is 3. The second kappa shape index (κ2) is 6.58. The summed E-state index contributed by atoms with van der Waals surface area (Å²) < 4.78 is 0. The lowest BCUT2D eigenvalue weighted by Crippen LogP contribution is -2.46. The van der Waals surface area contributed by atoms with Crippen LogP contribution in [0.2, 0.25) is 0 Å². The van der Waals surface area contributed by atoms with Crippen LogP contribution < -0.4 is 9.80 Å². The lowest BCUT2D eigenvalue weighted by atomic mass is 10.1. The summed E-state index contributed by atoms with van der Waals surface area (Å²) in [6, 6.07) is 25.9. The Morgan fingerprint density at radius 3 is 2.11 bits per heavy atom. The molecule has 1 fully saturated rings. The highest BCUT2D eigenvalue weighted by Gasteiger charge is 2.21. The average molecular weight is 353 g/mol. The number of rotatable bonds is 2. The van der Waals surface area contributed by atoms with Crippen molar-refractivity contribution in [3.05, 3.63) is 78.4 Å². The smallest absolute Gasteiger partial charge is 0.137 e. The van der Waals surface area contributed by atoms with E-state index in [1.807, 2.05) is 0 Å². The summed E-state index contributed by atoms with van der Waals surface area (Å²) in [6.45, 7) is 6.18. The summed E-state index contributed by atoms with van der Waals surface area (Å²) in [5.41, 5.74) is 3.72. The molecule has 3 nitrogen and oxygen atoms in total. The van der Waals surface area contributed by atoms with Crippen LogP contribution in [0.1, 0.15) is 5.56 Å². The summed E-state index contributed by atoms with van der Waals surface area (Å²) in [6.07, 6.45) is 0. The zero-order chi connectivity index (χ0) is 18.2. The molecule has 4 aromatic rings. The zero-order valence-corrected chi connectivity index (χ0v) is 15.6. The van der Waals surface area contributed by atoms with E-state index in [4.69, 9.17) is 4.98 Å². The van der Waals surface area contributed by atoms with Crippen molar-refractivity contribution < 1.29 is 0 Å². The van der Waals surface area contributed by atoms with Gasteiger partial charge < -0.3 is 9.80 Å². The highest BCUT2D eigenvalue weighted by molar-refractivity contribution is 6.10. The fraction of sp³-hybridized carbons (Fsp3) is 0.208. The predicted octanol–water partition coefficient (Wildman–Crippen LogP) is 5.02. The second-order valence-corrected chi connectivity index (χ2v) is 7.31. The van der Waals surface area contributed by atoms with Gasteiger partial charge in [0.05, 0.1) is 5.52 Å². The minimum atomic E-state index is 0.989. The number of anilines is 2. The van der Waals surface area contributed by atoms with E-state index in [0.29, 0.717) is 0 Å². The first kappa shape index (κ1) is 16.1. The maximum Gasteiger partial charge on any atom is 0.137 e. The van der Waals surface area contributed by atoms with Crippen molar-refractivity contribution in [3.63, 3.8) is 0 Å². The molecule has 27 heavy (non-hydrogen) atoms. The van der Waals surface area contributed by atoms with Crippen molar-refractivity contribution in [3.8, 4) is 0 Å². The number of aromatic nitrogens is 1. The highest BCUT2D eigenvalue weighted by atomic mass is 15.3. The Kier molecular flexibility index (Phi) is 3.93. The summed E-state index contributed by atoms with van der Waals surface area (Å²) in [4.78, 5) is 9.97. The van der Waals surface area contributed by atoms with E-state index in [9.17, 15) is 0 Å². The standard InChI is InChI=1S/C24H23N3/c1-18-7-6-8-19(17-18)26-13-15-27(16-14-26)24-22-11-3-2-9-20(22)21-10-4-5-12-23(21)25-24/h2-12,17H,13-16H2,1H3. The minimum absolute atomic E-state index is 0.989. The fourth-order valence-electron chi connectivity index (χ4n) is 4.13. The molecule has 0 bridgehead atoms. The fourth-order valence-corrected chi connectivity index (χ4v) is 4.13. The normalized spacial score (nSPS) is 14.9. The van der Waals surface area contributed by atoms with E-state index in [1.165, 1.54) is 27.4 Å². The van der Waals surface area contributed by atoms with Gasteiger partial charge in [0.25, 0.3) is 0 Å². The molecular formula is C24H23N3. The van der Waals surface area contributed by atoms with Crippen LogP contribution in [0.5, 0.6) is 0 Å². The Balaban J connectivity index is 1.49. The van der Waals surface area contributed by atoms with Gasteiger partial charge in [0.1, 0.15) is 5.82 Å². The number of benzene rings is 3. The number of aryl methyl sites for hydroxylation is 1. The first-order chi connectivity index (χ1) is 13.3. The molecular weight excluding hydrogens is 330 g/mol. The topological polar surface area (TPSA) is 19.4 Å². The van der Waals surface area contributed by atoms with Crippen LogP contribution >= 0.6 is 0 Å². The van der Waals surface area contributed by atoms with Crippen LogP contribution in [0.3, 0.4) is 0 Å². The van der Waals surface area contributed by atoms with Crippen LogP contribution in [-0.4, -0.2) is 31.2 Å². The van der Waals surface area contributed by atoms with Crippen molar-refractivity contribution in [2.75, 3.05) is 36.0 Å². The van der Waals surface area contributed by atoms with Crippen LogP contribution in [0.25, 0.3) is 21.7 Å². The molecule has 0 radical (unpaired) electrons. The van der Waals surface area contributed by atoms with Gasteiger partial charge in [-0.15, -0.1) is 0 Å². The Morgan fingerprint density at radius 2 is 1.33 bits per heavy atom. The molecule has 2 heterocycles. The highest BCUT2D eigenvalue weighted by Crippen LogP contribution is 2.32.